The lowest BCUT2D eigenvalue weighted by molar-refractivity contribution is -0.120. The van der Waals surface area contributed by atoms with Crippen LogP contribution in [0.5, 0.6) is 0 Å². The average Bonchev–Trinajstić information content (AvgIpc) is 3.74. The molecule has 1 aliphatic heterocycles. The molecule has 8 nitrogen and oxygen atoms in total. The van der Waals surface area contributed by atoms with Gasteiger partial charge in [0, 0.05) is 5.92 Å². The summed E-state index contributed by atoms with van der Waals surface area (Å²) >= 11 is 6.87. The Hall–Kier alpha value is -1.60. The summed E-state index contributed by atoms with van der Waals surface area (Å²) < 4.78 is 62.3. The van der Waals surface area contributed by atoms with Crippen LogP contribution in [0.2, 0.25) is 0 Å². The zero-order valence-corrected chi connectivity index (χ0v) is 24.7. The molecule has 1 unspecified atom stereocenters. The fourth-order valence-electron chi connectivity index (χ4n) is 3.93. The topological polar surface area (TPSA) is 110 Å². The summed E-state index contributed by atoms with van der Waals surface area (Å²) in [5, 5.41) is 0. The number of Topliss-reactive ketones (excluding diaryl/α,β-unsaturated/α-hetero) is 1. The molecule has 1 heterocycles. The van der Waals surface area contributed by atoms with E-state index in [4.69, 9.17) is 4.74 Å². The van der Waals surface area contributed by atoms with E-state index in [2.05, 4.69) is 36.3 Å². The van der Waals surface area contributed by atoms with Crippen LogP contribution in [-0.4, -0.2) is 54.7 Å². The van der Waals surface area contributed by atoms with Crippen molar-refractivity contribution in [2.45, 2.75) is 58.7 Å². The maximum absolute atomic E-state index is 13.6. The Morgan fingerprint density at radius 2 is 1.53 bits per heavy atom. The smallest absolute Gasteiger partial charge is 0.285 e. The van der Waals surface area contributed by atoms with E-state index in [1.807, 2.05) is 13.8 Å². The minimum atomic E-state index is -4.16. The van der Waals surface area contributed by atoms with Crippen molar-refractivity contribution in [1.29, 1.82) is 0 Å². The maximum Gasteiger partial charge on any atom is 0.285 e. The van der Waals surface area contributed by atoms with Crippen LogP contribution in [0.4, 0.5) is 0 Å². The molecule has 4 atom stereocenters. The molecule has 36 heavy (non-hydrogen) atoms. The number of carbonyl (C=O) groups excluding carboxylic acids is 1. The molecule has 2 fully saturated rings. The van der Waals surface area contributed by atoms with E-state index >= 15 is 0 Å². The molecule has 0 aromatic heterocycles. The minimum Gasteiger partial charge on any atom is -0.480 e. The van der Waals surface area contributed by atoms with Crippen LogP contribution >= 0.6 is 31.9 Å². The molecular formula is C24H26Br2N2O6S2. The third-order valence-corrected chi connectivity index (χ3v) is 11.7. The van der Waals surface area contributed by atoms with Crippen molar-refractivity contribution in [2.24, 2.45) is 10.3 Å². The van der Waals surface area contributed by atoms with Crippen molar-refractivity contribution in [2.75, 3.05) is 6.61 Å². The molecule has 2 aliphatic rings. The Bertz CT molecular complexity index is 1410. The second kappa shape index (κ2) is 9.94. The van der Waals surface area contributed by atoms with Crippen molar-refractivity contribution in [3.63, 3.8) is 0 Å². The van der Waals surface area contributed by atoms with Crippen LogP contribution in [-0.2, 0) is 29.6 Å². The van der Waals surface area contributed by atoms with E-state index in [0.717, 1.165) is 15.4 Å². The van der Waals surface area contributed by atoms with Gasteiger partial charge in [0.2, 0.25) is 15.9 Å². The zero-order valence-electron chi connectivity index (χ0n) is 19.9. The van der Waals surface area contributed by atoms with Gasteiger partial charge < -0.3 is 4.74 Å². The summed E-state index contributed by atoms with van der Waals surface area (Å²) in [5.41, 5.74) is 1.78. The quantitative estimate of drug-likeness (QED) is 0.130. The molecule has 0 amide bonds. The van der Waals surface area contributed by atoms with Crippen molar-refractivity contribution in [3.05, 3.63) is 59.7 Å². The zero-order chi connectivity index (χ0) is 26.5. The van der Waals surface area contributed by atoms with E-state index in [9.17, 15) is 21.6 Å². The molecule has 0 spiro atoms. The minimum absolute atomic E-state index is 0.0240. The summed E-state index contributed by atoms with van der Waals surface area (Å²) in [5.74, 6) is -0.740. The molecule has 0 radical (unpaired) electrons. The molecule has 12 heteroatoms. The van der Waals surface area contributed by atoms with E-state index in [0.29, 0.717) is 12.8 Å². The second-order valence-corrected chi connectivity index (χ2v) is 14.5. The molecule has 2 aromatic carbocycles. The first kappa shape index (κ1) is 27.4. The molecule has 2 aromatic rings. The lowest BCUT2D eigenvalue weighted by Gasteiger charge is -2.14. The number of ketones is 1. The number of benzene rings is 2. The van der Waals surface area contributed by atoms with E-state index < -0.39 is 35.4 Å². The SMILES string of the molecule is CCO/C(=N\S(=O)(=O)c1ccc(C)cc1)[C@@H](Br)[C@@H]1N(S(=O)(=O)c2ccc(C)cc2)[C@@]1(Br)C(=O)C1CC1. The number of nitrogens with zero attached hydrogens (tertiary/aromatic N) is 2. The number of halogens is 2. The first-order valence-electron chi connectivity index (χ1n) is 11.4. The molecule has 0 bridgehead atoms. The van der Waals surface area contributed by atoms with Crippen LogP contribution < -0.4 is 0 Å². The van der Waals surface area contributed by atoms with Gasteiger partial charge >= 0.3 is 0 Å². The van der Waals surface area contributed by atoms with Crippen LogP contribution in [0, 0.1) is 19.8 Å². The predicted octanol–water partition coefficient (Wildman–Crippen LogP) is 4.33. The predicted molar refractivity (Wildman–Crippen MR) is 144 cm³/mol. The Labute approximate surface area is 228 Å². The largest absolute Gasteiger partial charge is 0.480 e. The first-order valence-corrected chi connectivity index (χ1v) is 16.0. The average molecular weight is 662 g/mol. The van der Waals surface area contributed by atoms with Crippen molar-refractivity contribution < 1.29 is 26.4 Å². The Morgan fingerprint density at radius 1 is 1.03 bits per heavy atom. The van der Waals surface area contributed by atoms with Crippen LogP contribution in [0.25, 0.3) is 0 Å². The Morgan fingerprint density at radius 3 is 2.00 bits per heavy atom. The van der Waals surface area contributed by atoms with Crippen LogP contribution in [0.1, 0.15) is 30.9 Å². The molecule has 1 saturated heterocycles. The van der Waals surface area contributed by atoms with Gasteiger partial charge in [-0.05, 0) is 57.9 Å². The highest BCUT2D eigenvalue weighted by Crippen LogP contribution is 2.58. The fourth-order valence-corrected chi connectivity index (χ4v) is 9.82. The van der Waals surface area contributed by atoms with Gasteiger partial charge in [-0.25, -0.2) is 8.42 Å². The highest BCUT2D eigenvalue weighted by molar-refractivity contribution is 9.11. The summed E-state index contributed by atoms with van der Waals surface area (Å²) in [6.45, 7) is 5.43. The Kier molecular flexibility index (Phi) is 7.57. The molecule has 194 valence electrons. The van der Waals surface area contributed by atoms with Gasteiger partial charge in [-0.1, -0.05) is 67.3 Å². The Balaban J connectivity index is 1.75. The number of hydrogen-bond donors (Lipinski definition) is 0. The van der Waals surface area contributed by atoms with Crippen molar-refractivity contribution >= 4 is 63.6 Å². The van der Waals surface area contributed by atoms with Gasteiger partial charge in [-0.2, -0.15) is 12.7 Å². The number of ether oxygens (including phenoxy) is 1. The van der Waals surface area contributed by atoms with Gasteiger partial charge in [0.15, 0.2) is 10.2 Å². The summed E-state index contributed by atoms with van der Waals surface area (Å²) in [7, 11) is -8.26. The van der Waals surface area contributed by atoms with Crippen molar-refractivity contribution in [3.8, 4) is 0 Å². The highest BCUT2D eigenvalue weighted by Gasteiger charge is 2.75. The third kappa shape index (κ3) is 5.07. The third-order valence-electron chi connectivity index (χ3n) is 6.10. The van der Waals surface area contributed by atoms with Gasteiger partial charge in [-0.3, -0.25) is 4.79 Å². The summed E-state index contributed by atoms with van der Waals surface area (Å²) in [6, 6.07) is 11.5. The molecule has 4 rings (SSSR count). The first-order chi connectivity index (χ1) is 16.8. The molecule has 0 N–H and O–H groups in total. The lowest BCUT2D eigenvalue weighted by atomic mass is 10.1. The maximum atomic E-state index is 13.6. The standard InChI is InChI=1S/C24H26Br2N2O6S2/c1-4-34-23(27-35(30,31)18-11-5-15(2)6-12-18)20(25)21-24(26,22(29)17-9-10-17)28(21)36(32,33)19-13-7-16(3)8-14-19/h5-8,11-14,17,20-21H,4,9-10H2,1-3H3/b27-23-/t20-,21-,24+,28?/m0/s1. The lowest BCUT2D eigenvalue weighted by Crippen LogP contribution is -2.31. The van der Waals surface area contributed by atoms with Gasteiger partial charge in [-0.15, -0.1) is 4.40 Å². The second-order valence-electron chi connectivity index (χ2n) is 8.92. The summed E-state index contributed by atoms with van der Waals surface area (Å²) in [6.07, 6.45) is 1.36. The number of hydrogen-bond acceptors (Lipinski definition) is 6. The monoisotopic (exact) mass is 660 g/mol. The molecule has 1 aliphatic carbocycles. The number of alkyl halides is 2. The van der Waals surface area contributed by atoms with E-state index in [-0.39, 0.29) is 34.0 Å². The summed E-state index contributed by atoms with van der Waals surface area (Å²) in [4.78, 5) is 12.3. The molecular weight excluding hydrogens is 636 g/mol. The van der Waals surface area contributed by atoms with E-state index in [1.54, 1.807) is 31.2 Å². The van der Waals surface area contributed by atoms with Gasteiger partial charge in [0.25, 0.3) is 10.0 Å². The number of sulfonamides is 2. The number of rotatable bonds is 9. The fraction of sp³-hybridized carbons (Fsp3) is 0.417. The van der Waals surface area contributed by atoms with E-state index in [1.165, 1.54) is 24.3 Å². The highest BCUT2D eigenvalue weighted by atomic mass is 79.9. The van der Waals surface area contributed by atoms with Crippen molar-refractivity contribution in [1.82, 2.24) is 4.31 Å². The number of aryl methyl sites for hydroxylation is 2. The van der Waals surface area contributed by atoms with Gasteiger partial charge in [0.05, 0.1) is 22.4 Å². The van der Waals surface area contributed by atoms with Crippen LogP contribution in [0.15, 0.2) is 62.7 Å². The normalized spacial score (nSPS) is 25.3. The molecule has 1 saturated carbocycles. The number of carbonyl (C=O) groups is 1. The van der Waals surface area contributed by atoms with Crippen LogP contribution in [0.3, 0.4) is 0 Å². The van der Waals surface area contributed by atoms with Gasteiger partial charge in [0.1, 0.15) is 4.83 Å².